The van der Waals surface area contributed by atoms with E-state index in [1.54, 1.807) is 12.4 Å². The molecule has 1 saturated carbocycles. The van der Waals surface area contributed by atoms with Gasteiger partial charge in [0.25, 0.3) is 0 Å². The Morgan fingerprint density at radius 1 is 1.44 bits per heavy atom. The number of carbonyl (C=O) groups is 1. The number of rotatable bonds is 3. The molecule has 1 unspecified atom stereocenters. The number of halogens is 2. The lowest BCUT2D eigenvalue weighted by Gasteiger charge is -2.10. The van der Waals surface area contributed by atoms with E-state index < -0.39 is 5.41 Å². The first-order valence-electron chi connectivity index (χ1n) is 5.50. The maximum atomic E-state index is 12.0. The third-order valence-corrected chi connectivity index (χ3v) is 5.49. The Labute approximate surface area is 123 Å². The van der Waals surface area contributed by atoms with Crippen LogP contribution in [0.4, 0.5) is 0 Å². The Kier molecular flexibility index (Phi) is 3.60. The summed E-state index contributed by atoms with van der Waals surface area (Å²) in [6.07, 6.45) is 4.14. The molecule has 1 aromatic heterocycles. The number of hydrogen-bond donors (Lipinski definition) is 1. The van der Waals surface area contributed by atoms with Gasteiger partial charge >= 0.3 is 0 Å². The van der Waals surface area contributed by atoms with Crippen LogP contribution in [0.1, 0.15) is 25.8 Å². The van der Waals surface area contributed by atoms with Crippen LogP contribution >= 0.6 is 31.9 Å². The summed E-state index contributed by atoms with van der Waals surface area (Å²) in [7, 11) is 0. The van der Waals surface area contributed by atoms with Crippen molar-refractivity contribution in [2.45, 2.75) is 23.5 Å². The minimum atomic E-state index is -0.449. The quantitative estimate of drug-likeness (QED) is 0.502. The van der Waals surface area contributed by atoms with Gasteiger partial charge < -0.3 is 0 Å². The summed E-state index contributed by atoms with van der Waals surface area (Å²) in [4.78, 5) is 15.9. The molecule has 4 nitrogen and oxygen atoms in total. The number of nitrogens with zero attached hydrogens (tertiary/aromatic N) is 2. The Hall–Kier alpha value is -0.750. The average molecular weight is 375 g/mol. The lowest BCUT2D eigenvalue weighted by Crippen LogP contribution is -2.30. The Bertz CT molecular complexity index is 501. The number of hydrogen-bond acceptors (Lipinski definition) is 3. The van der Waals surface area contributed by atoms with Crippen molar-refractivity contribution in [3.05, 3.63) is 30.1 Å². The van der Waals surface area contributed by atoms with Crippen LogP contribution in [0.5, 0.6) is 0 Å². The number of pyridine rings is 1. The van der Waals surface area contributed by atoms with E-state index in [9.17, 15) is 4.79 Å². The summed E-state index contributed by atoms with van der Waals surface area (Å²) < 4.78 is -0.294. The lowest BCUT2D eigenvalue weighted by molar-refractivity contribution is -0.125. The van der Waals surface area contributed by atoms with E-state index in [-0.39, 0.29) is 9.14 Å². The van der Waals surface area contributed by atoms with Gasteiger partial charge in [0.1, 0.15) is 0 Å². The smallest absolute Gasteiger partial charge is 0.248 e. The van der Waals surface area contributed by atoms with Crippen molar-refractivity contribution in [2.24, 2.45) is 10.5 Å². The number of alkyl halides is 2. The molecule has 18 heavy (non-hydrogen) atoms. The first-order chi connectivity index (χ1) is 8.37. The fourth-order valence-electron chi connectivity index (χ4n) is 1.56. The van der Waals surface area contributed by atoms with E-state index in [0.29, 0.717) is 0 Å². The second-order valence-electron chi connectivity index (χ2n) is 4.59. The number of amides is 1. The second kappa shape index (κ2) is 4.74. The van der Waals surface area contributed by atoms with Crippen LogP contribution in [0.2, 0.25) is 0 Å². The van der Waals surface area contributed by atoms with Gasteiger partial charge in [-0.25, -0.2) is 5.43 Å². The molecule has 0 aliphatic heterocycles. The average Bonchev–Trinajstić information content (AvgIpc) is 2.87. The zero-order valence-electron chi connectivity index (χ0n) is 10.1. The van der Waals surface area contributed by atoms with Gasteiger partial charge in [-0.05, 0) is 32.4 Å². The SMILES string of the molecule is C/C(=N/NC(=O)C1(C)CC1(Br)Br)c1ccncc1. The highest BCUT2D eigenvalue weighted by Crippen LogP contribution is 2.66. The molecule has 1 amide bonds. The van der Waals surface area contributed by atoms with E-state index in [0.717, 1.165) is 17.7 Å². The standard InChI is InChI=1S/C12H13Br2N3O/c1-8(9-3-5-15-6-4-9)16-17-10(18)11(2)7-12(11,13)14/h3-6H,7H2,1-2H3,(H,17,18)/b16-8-. The van der Waals surface area contributed by atoms with Crippen LogP contribution in [0, 0.1) is 5.41 Å². The normalized spacial score (nSPS) is 25.7. The van der Waals surface area contributed by atoms with Crippen LogP contribution in [0.15, 0.2) is 29.6 Å². The molecule has 0 bridgehead atoms. The largest absolute Gasteiger partial charge is 0.272 e. The van der Waals surface area contributed by atoms with Gasteiger partial charge in [0, 0.05) is 18.0 Å². The Morgan fingerprint density at radius 2 is 2.00 bits per heavy atom. The molecule has 0 spiro atoms. The second-order valence-corrected chi connectivity index (χ2v) is 8.36. The minimum Gasteiger partial charge on any atom is -0.272 e. The van der Waals surface area contributed by atoms with Crippen molar-refractivity contribution in [1.29, 1.82) is 0 Å². The highest BCUT2D eigenvalue weighted by molar-refractivity contribution is 9.25. The number of carbonyl (C=O) groups excluding carboxylic acids is 1. The highest BCUT2D eigenvalue weighted by Gasteiger charge is 2.66. The molecule has 1 atom stereocenters. The maximum Gasteiger partial charge on any atom is 0.248 e. The molecule has 6 heteroatoms. The monoisotopic (exact) mass is 373 g/mol. The van der Waals surface area contributed by atoms with Gasteiger partial charge in [-0.3, -0.25) is 9.78 Å². The van der Waals surface area contributed by atoms with Crippen LogP contribution < -0.4 is 5.43 Å². The molecule has 0 radical (unpaired) electrons. The molecule has 0 aromatic carbocycles. The van der Waals surface area contributed by atoms with Gasteiger partial charge in [0.15, 0.2) is 0 Å². The molecule has 1 aliphatic carbocycles. The molecule has 96 valence electrons. The lowest BCUT2D eigenvalue weighted by atomic mass is 10.1. The zero-order valence-corrected chi connectivity index (χ0v) is 13.2. The first-order valence-corrected chi connectivity index (χ1v) is 7.08. The molecule has 0 saturated heterocycles. The molecule has 1 N–H and O–H groups in total. The van der Waals surface area contributed by atoms with Gasteiger partial charge in [-0.1, -0.05) is 31.9 Å². The Balaban J connectivity index is 2.02. The fourth-order valence-corrected chi connectivity index (χ4v) is 3.04. The van der Waals surface area contributed by atoms with E-state index in [4.69, 9.17) is 0 Å². The van der Waals surface area contributed by atoms with Crippen molar-refractivity contribution in [2.75, 3.05) is 0 Å². The van der Waals surface area contributed by atoms with Crippen molar-refractivity contribution >= 4 is 43.5 Å². The van der Waals surface area contributed by atoms with Crippen LogP contribution in [0.25, 0.3) is 0 Å². The third kappa shape index (κ3) is 2.49. The van der Waals surface area contributed by atoms with Gasteiger partial charge in [0.05, 0.1) is 14.4 Å². The summed E-state index contributed by atoms with van der Waals surface area (Å²) in [5, 5.41) is 4.11. The molecule has 1 aromatic rings. The number of aromatic nitrogens is 1. The van der Waals surface area contributed by atoms with E-state index in [1.807, 2.05) is 26.0 Å². The predicted octanol–water partition coefficient (Wildman–Crippen LogP) is 2.82. The van der Waals surface area contributed by atoms with Crippen LogP contribution in [-0.2, 0) is 4.79 Å². The molecular weight excluding hydrogens is 362 g/mol. The first kappa shape index (κ1) is 13.7. The molecule has 2 rings (SSSR count). The van der Waals surface area contributed by atoms with Crippen molar-refractivity contribution < 1.29 is 4.79 Å². The third-order valence-electron chi connectivity index (χ3n) is 3.18. The van der Waals surface area contributed by atoms with Crippen LogP contribution in [0.3, 0.4) is 0 Å². The van der Waals surface area contributed by atoms with E-state index in [1.165, 1.54) is 0 Å². The molecule has 1 aliphatic rings. The van der Waals surface area contributed by atoms with Gasteiger partial charge in [0.2, 0.25) is 5.91 Å². The summed E-state index contributed by atoms with van der Waals surface area (Å²) in [6.45, 7) is 3.74. The topological polar surface area (TPSA) is 54.4 Å². The van der Waals surface area contributed by atoms with E-state index >= 15 is 0 Å². The number of nitrogens with one attached hydrogen (secondary N) is 1. The Morgan fingerprint density at radius 3 is 2.50 bits per heavy atom. The predicted molar refractivity (Wildman–Crippen MR) is 77.9 cm³/mol. The molecule has 1 heterocycles. The van der Waals surface area contributed by atoms with Crippen molar-refractivity contribution in [1.82, 2.24) is 10.4 Å². The molecular formula is C12H13Br2N3O. The maximum absolute atomic E-state index is 12.0. The summed E-state index contributed by atoms with van der Waals surface area (Å²) in [5.74, 6) is -0.0929. The van der Waals surface area contributed by atoms with Crippen molar-refractivity contribution in [3.63, 3.8) is 0 Å². The molecule has 1 fully saturated rings. The zero-order chi connectivity index (χ0) is 13.4. The minimum absolute atomic E-state index is 0.0929. The van der Waals surface area contributed by atoms with Gasteiger partial charge in [-0.2, -0.15) is 5.10 Å². The fraction of sp³-hybridized carbons (Fsp3) is 0.417. The highest BCUT2D eigenvalue weighted by atomic mass is 79.9. The van der Waals surface area contributed by atoms with Gasteiger partial charge in [-0.15, -0.1) is 0 Å². The number of hydrazone groups is 1. The van der Waals surface area contributed by atoms with Crippen LogP contribution in [-0.4, -0.2) is 19.8 Å². The summed E-state index contributed by atoms with van der Waals surface area (Å²) in [6, 6.07) is 3.70. The van der Waals surface area contributed by atoms with E-state index in [2.05, 4.69) is 47.4 Å². The summed E-state index contributed by atoms with van der Waals surface area (Å²) >= 11 is 6.92. The van der Waals surface area contributed by atoms with Crippen molar-refractivity contribution in [3.8, 4) is 0 Å². The summed E-state index contributed by atoms with van der Waals surface area (Å²) in [5.41, 5.74) is 3.85.